The van der Waals surface area contributed by atoms with Crippen LogP contribution in [-0.2, 0) is 9.47 Å². The molecule has 0 atom stereocenters. The average Bonchev–Trinajstić information content (AvgIpc) is 2.51. The Balaban J connectivity index is 6.27. The molecule has 0 unspecified atom stereocenters. The Morgan fingerprint density at radius 1 is 0.344 bits per heavy atom. The minimum Gasteiger partial charge on any atom is -0.245 e. The summed E-state index contributed by atoms with van der Waals surface area (Å²) in [7, 11) is 0. The summed E-state index contributed by atoms with van der Waals surface area (Å²) >= 11 is 0. The highest BCUT2D eigenvalue weighted by atomic mass is 19.4. The van der Waals surface area contributed by atoms with Gasteiger partial charge in [0.1, 0.15) is 0 Å². The van der Waals surface area contributed by atoms with Crippen molar-refractivity contribution in [3.8, 4) is 0 Å². The largest absolute Gasteiger partial charge is 0.430 e. The van der Waals surface area contributed by atoms with Crippen LogP contribution in [0, 0.1) is 0 Å². The number of alkyl halides is 20. The van der Waals surface area contributed by atoms with Gasteiger partial charge in [0, 0.05) is 0 Å². The van der Waals surface area contributed by atoms with E-state index < -0.39 is 61.0 Å². The van der Waals surface area contributed by atoms with Crippen LogP contribution in [0.4, 0.5) is 87.8 Å². The SMILES string of the molecule is FC(F)C(F)(F)C(F)(F)OC(F)(F)C(F)(F)C(F)(F)C(F)(F)OC(F)(F)C(F)(F)C(F)F. The molecule has 0 fully saturated rings. The lowest BCUT2D eigenvalue weighted by atomic mass is 10.1. The third-order valence-electron chi connectivity index (χ3n) is 2.96. The second-order valence-electron chi connectivity index (χ2n) is 5.27. The monoisotopic (exact) mass is 534 g/mol. The van der Waals surface area contributed by atoms with E-state index in [2.05, 4.69) is 0 Å². The smallest absolute Gasteiger partial charge is 0.245 e. The van der Waals surface area contributed by atoms with Gasteiger partial charge in [0.2, 0.25) is 0 Å². The number of ether oxygens (including phenoxy) is 2. The van der Waals surface area contributed by atoms with E-state index in [1.807, 2.05) is 0 Å². The van der Waals surface area contributed by atoms with Gasteiger partial charge >= 0.3 is 61.0 Å². The van der Waals surface area contributed by atoms with E-state index in [1.165, 1.54) is 0 Å². The van der Waals surface area contributed by atoms with Gasteiger partial charge in [-0.05, 0) is 0 Å². The Hall–Kier alpha value is -1.48. The summed E-state index contributed by atoms with van der Waals surface area (Å²) in [5.41, 5.74) is 0. The maximum absolute atomic E-state index is 13.1. The van der Waals surface area contributed by atoms with Crippen LogP contribution < -0.4 is 0 Å². The van der Waals surface area contributed by atoms with Crippen molar-refractivity contribution in [2.45, 2.75) is 61.0 Å². The van der Waals surface area contributed by atoms with Crippen LogP contribution in [-0.4, -0.2) is 61.0 Å². The van der Waals surface area contributed by atoms with Crippen LogP contribution in [0.5, 0.6) is 0 Å². The highest BCUT2D eigenvalue weighted by Gasteiger charge is 2.87. The lowest BCUT2D eigenvalue weighted by Gasteiger charge is -2.39. The van der Waals surface area contributed by atoms with E-state index in [9.17, 15) is 87.8 Å². The molecule has 0 bridgehead atoms. The van der Waals surface area contributed by atoms with Crippen molar-refractivity contribution in [1.82, 2.24) is 0 Å². The van der Waals surface area contributed by atoms with Gasteiger partial charge in [-0.25, -0.2) is 27.0 Å². The Kier molecular flexibility index (Phi) is 7.70. The highest BCUT2D eigenvalue weighted by molar-refractivity contribution is 4.99. The fraction of sp³-hybridized carbons (Fsp3) is 1.00. The van der Waals surface area contributed by atoms with Crippen LogP contribution in [0.25, 0.3) is 0 Å². The topological polar surface area (TPSA) is 18.5 Å². The molecule has 0 aliphatic rings. The molecule has 0 N–H and O–H groups in total. The molecular formula is C10H2F20O2. The van der Waals surface area contributed by atoms with Crippen molar-refractivity contribution in [3.63, 3.8) is 0 Å². The zero-order chi connectivity index (χ0) is 26.6. The Bertz CT molecular complexity index is 597. The Morgan fingerprint density at radius 3 is 0.688 bits per heavy atom. The highest BCUT2D eigenvalue weighted by Crippen LogP contribution is 2.57. The van der Waals surface area contributed by atoms with Crippen LogP contribution in [0.15, 0.2) is 0 Å². The number of rotatable bonds is 11. The first-order valence-electron chi connectivity index (χ1n) is 6.54. The molecule has 0 radical (unpaired) electrons. The second kappa shape index (κ2) is 8.08. The first-order chi connectivity index (χ1) is 13.6. The van der Waals surface area contributed by atoms with Gasteiger partial charge in [-0.1, -0.05) is 0 Å². The quantitative estimate of drug-likeness (QED) is 0.284. The molecule has 0 rings (SSSR count). The molecule has 2 nitrogen and oxygen atoms in total. The lowest BCUT2D eigenvalue weighted by molar-refractivity contribution is -0.534. The zero-order valence-electron chi connectivity index (χ0n) is 13.5. The van der Waals surface area contributed by atoms with Gasteiger partial charge in [0.15, 0.2) is 0 Å². The Morgan fingerprint density at radius 2 is 0.531 bits per heavy atom. The number of hydrogen-bond donors (Lipinski definition) is 0. The Labute approximate surface area is 160 Å². The summed E-state index contributed by atoms with van der Waals surface area (Å²) in [5.74, 6) is -31.2. The first-order valence-corrected chi connectivity index (χ1v) is 6.54. The minimum atomic E-state index is -8.42. The lowest BCUT2D eigenvalue weighted by Crippen LogP contribution is -2.67. The molecule has 32 heavy (non-hydrogen) atoms. The van der Waals surface area contributed by atoms with E-state index in [1.54, 1.807) is 0 Å². The molecular weight excluding hydrogens is 532 g/mol. The molecule has 0 saturated heterocycles. The summed E-state index contributed by atoms with van der Waals surface area (Å²) in [6.07, 6.45) is -42.7. The van der Waals surface area contributed by atoms with E-state index in [-0.39, 0.29) is 0 Å². The fourth-order valence-corrected chi connectivity index (χ4v) is 1.21. The van der Waals surface area contributed by atoms with Crippen molar-refractivity contribution in [2.24, 2.45) is 0 Å². The molecule has 0 aliphatic heterocycles. The van der Waals surface area contributed by atoms with Gasteiger partial charge in [0.25, 0.3) is 0 Å². The van der Waals surface area contributed by atoms with E-state index in [0.717, 1.165) is 9.47 Å². The van der Waals surface area contributed by atoms with Crippen LogP contribution in [0.3, 0.4) is 0 Å². The van der Waals surface area contributed by atoms with Gasteiger partial charge < -0.3 is 0 Å². The summed E-state index contributed by atoms with van der Waals surface area (Å²) in [6, 6.07) is 0. The molecule has 0 amide bonds. The molecule has 0 heterocycles. The molecule has 0 aromatic carbocycles. The predicted octanol–water partition coefficient (Wildman–Crippen LogP) is 6.46. The van der Waals surface area contributed by atoms with Crippen molar-refractivity contribution >= 4 is 0 Å². The van der Waals surface area contributed by atoms with Gasteiger partial charge in [-0.2, -0.15) is 70.2 Å². The van der Waals surface area contributed by atoms with E-state index >= 15 is 0 Å². The third kappa shape index (κ3) is 4.74. The standard InChI is InChI=1S/C10H2F20O2/c11-1(12)3(15,16)7(23,24)31-9(27,28)5(19,20)6(21,22)10(29,30)32-8(25,26)4(17,18)2(13)14/h1-2H. The maximum Gasteiger partial charge on any atom is 0.430 e. The molecule has 0 spiro atoms. The maximum atomic E-state index is 13.1. The minimum absolute atomic E-state index is 1.16. The summed E-state index contributed by atoms with van der Waals surface area (Å²) in [6.45, 7) is 0. The molecule has 194 valence electrons. The van der Waals surface area contributed by atoms with Gasteiger partial charge in [-0.3, -0.25) is 0 Å². The molecule has 22 heteroatoms. The van der Waals surface area contributed by atoms with Crippen LogP contribution in [0.2, 0.25) is 0 Å². The fourth-order valence-electron chi connectivity index (χ4n) is 1.21. The number of halogens is 20. The molecule has 0 aliphatic carbocycles. The zero-order valence-corrected chi connectivity index (χ0v) is 13.5. The normalized spacial score (nSPS) is 16.3. The molecule has 0 aromatic rings. The molecule has 0 saturated carbocycles. The predicted molar refractivity (Wildman–Crippen MR) is 53.8 cm³/mol. The van der Waals surface area contributed by atoms with Crippen molar-refractivity contribution in [3.05, 3.63) is 0 Å². The van der Waals surface area contributed by atoms with Crippen molar-refractivity contribution in [1.29, 1.82) is 0 Å². The van der Waals surface area contributed by atoms with E-state index in [0.29, 0.717) is 0 Å². The van der Waals surface area contributed by atoms with Crippen LogP contribution >= 0.6 is 0 Å². The average molecular weight is 534 g/mol. The van der Waals surface area contributed by atoms with Crippen molar-refractivity contribution in [2.75, 3.05) is 0 Å². The summed E-state index contributed by atoms with van der Waals surface area (Å²) in [5, 5.41) is 0. The van der Waals surface area contributed by atoms with E-state index in [4.69, 9.17) is 0 Å². The molecule has 0 aromatic heterocycles. The third-order valence-corrected chi connectivity index (χ3v) is 2.96. The van der Waals surface area contributed by atoms with Gasteiger partial charge in [0.05, 0.1) is 0 Å². The summed E-state index contributed by atoms with van der Waals surface area (Å²) < 4.78 is 254. The van der Waals surface area contributed by atoms with Gasteiger partial charge in [-0.15, -0.1) is 0 Å². The second-order valence-corrected chi connectivity index (χ2v) is 5.27. The summed E-state index contributed by atoms with van der Waals surface area (Å²) in [4.78, 5) is 0. The van der Waals surface area contributed by atoms with Crippen molar-refractivity contribution < 1.29 is 97.3 Å². The number of hydrogen-bond acceptors (Lipinski definition) is 2. The van der Waals surface area contributed by atoms with Crippen LogP contribution in [0.1, 0.15) is 0 Å². The first kappa shape index (κ1) is 30.5.